The molecule has 160 valence electrons. The number of hydrogen-bond donors (Lipinski definition) is 1. The highest BCUT2D eigenvalue weighted by molar-refractivity contribution is 7.19. The summed E-state index contributed by atoms with van der Waals surface area (Å²) in [6, 6.07) is 17.4. The van der Waals surface area contributed by atoms with Gasteiger partial charge < -0.3 is 13.7 Å². The number of imidazole rings is 1. The highest BCUT2D eigenvalue weighted by Gasteiger charge is 2.17. The molecular formula is C24H20N4O3S. The van der Waals surface area contributed by atoms with E-state index in [1.54, 1.807) is 18.3 Å². The summed E-state index contributed by atoms with van der Waals surface area (Å²) >= 11 is 1.38. The number of ether oxygens (including phenoxy) is 1. The van der Waals surface area contributed by atoms with Gasteiger partial charge in [0.1, 0.15) is 18.1 Å². The molecular weight excluding hydrogens is 424 g/mol. The fraction of sp³-hybridized carbons (Fsp3) is 0.125. The molecule has 7 nitrogen and oxygen atoms in total. The largest absolute Gasteiger partial charge is 0.486 e. The number of anilines is 1. The van der Waals surface area contributed by atoms with E-state index in [4.69, 9.17) is 9.15 Å². The van der Waals surface area contributed by atoms with Crippen LogP contribution in [-0.4, -0.2) is 20.4 Å². The van der Waals surface area contributed by atoms with E-state index in [1.165, 1.54) is 11.3 Å². The van der Waals surface area contributed by atoms with Gasteiger partial charge in [-0.1, -0.05) is 41.7 Å². The van der Waals surface area contributed by atoms with Crippen molar-refractivity contribution >= 4 is 33.1 Å². The zero-order valence-electron chi connectivity index (χ0n) is 17.5. The van der Waals surface area contributed by atoms with Crippen LogP contribution in [0.1, 0.15) is 22.0 Å². The van der Waals surface area contributed by atoms with Crippen LogP contribution >= 0.6 is 11.3 Å². The highest BCUT2D eigenvalue weighted by atomic mass is 32.1. The zero-order chi connectivity index (χ0) is 22.1. The van der Waals surface area contributed by atoms with E-state index in [1.807, 2.05) is 61.1 Å². The molecule has 0 unspecified atom stereocenters. The van der Waals surface area contributed by atoms with Crippen LogP contribution in [0.5, 0.6) is 5.75 Å². The summed E-state index contributed by atoms with van der Waals surface area (Å²) in [5.74, 6) is 1.96. The van der Waals surface area contributed by atoms with E-state index < -0.39 is 0 Å². The summed E-state index contributed by atoms with van der Waals surface area (Å²) in [6.45, 7) is 2.12. The minimum absolute atomic E-state index is 0.202. The predicted molar refractivity (Wildman–Crippen MR) is 124 cm³/mol. The number of furan rings is 1. The summed E-state index contributed by atoms with van der Waals surface area (Å²) in [6.07, 6.45) is 3.61. The van der Waals surface area contributed by atoms with Crippen molar-refractivity contribution in [3.8, 4) is 16.5 Å². The number of nitrogens with one attached hydrogen (secondary N) is 1. The molecule has 0 aliphatic carbocycles. The quantitative estimate of drug-likeness (QED) is 0.378. The second kappa shape index (κ2) is 8.32. The lowest BCUT2D eigenvalue weighted by molar-refractivity contribution is 0.0992. The molecule has 2 aromatic carbocycles. The van der Waals surface area contributed by atoms with Crippen LogP contribution in [0.25, 0.3) is 21.5 Å². The third-order valence-electron chi connectivity index (χ3n) is 5.03. The van der Waals surface area contributed by atoms with Gasteiger partial charge in [-0.25, -0.2) is 9.97 Å². The minimum atomic E-state index is -0.359. The molecule has 1 N–H and O–H groups in total. The number of thiazole rings is 1. The van der Waals surface area contributed by atoms with E-state index in [0.29, 0.717) is 10.9 Å². The zero-order valence-corrected chi connectivity index (χ0v) is 18.3. The van der Waals surface area contributed by atoms with Gasteiger partial charge in [0, 0.05) is 19.4 Å². The van der Waals surface area contributed by atoms with Gasteiger partial charge in [-0.15, -0.1) is 0 Å². The fourth-order valence-corrected chi connectivity index (χ4v) is 4.39. The third kappa shape index (κ3) is 4.00. The summed E-state index contributed by atoms with van der Waals surface area (Å²) in [4.78, 5) is 22.3. The molecule has 32 heavy (non-hydrogen) atoms. The average molecular weight is 445 g/mol. The molecule has 8 heteroatoms. The Labute approximate surface area is 188 Å². The maximum atomic E-state index is 12.6. The van der Waals surface area contributed by atoms with Gasteiger partial charge in [-0.2, -0.15) is 0 Å². The van der Waals surface area contributed by atoms with Crippen molar-refractivity contribution in [3.05, 3.63) is 84.2 Å². The number of amides is 1. The Balaban J connectivity index is 1.24. The molecule has 0 saturated carbocycles. The first-order valence-electron chi connectivity index (χ1n) is 10.0. The Hall–Kier alpha value is -3.91. The Kier molecular flexibility index (Phi) is 5.20. The van der Waals surface area contributed by atoms with Gasteiger partial charge in [0.05, 0.1) is 10.6 Å². The molecule has 0 fully saturated rings. The topological polar surface area (TPSA) is 82.2 Å². The predicted octanol–water partition coefficient (Wildman–Crippen LogP) is 5.43. The van der Waals surface area contributed by atoms with Crippen LogP contribution in [0.3, 0.4) is 0 Å². The molecule has 0 spiro atoms. The van der Waals surface area contributed by atoms with Crippen LogP contribution < -0.4 is 10.1 Å². The van der Waals surface area contributed by atoms with Crippen molar-refractivity contribution in [2.75, 3.05) is 5.32 Å². The second-order valence-corrected chi connectivity index (χ2v) is 8.31. The van der Waals surface area contributed by atoms with Crippen molar-refractivity contribution in [2.45, 2.75) is 13.5 Å². The number of hydrogen-bond acceptors (Lipinski definition) is 6. The number of fused-ring (bicyclic) bond motifs is 1. The molecule has 0 aliphatic rings. The molecule has 0 bridgehead atoms. The van der Waals surface area contributed by atoms with Crippen molar-refractivity contribution in [1.82, 2.24) is 14.5 Å². The summed E-state index contributed by atoms with van der Waals surface area (Å²) in [5.41, 5.74) is 0.809. The number of nitrogens with zero attached hydrogens (tertiary/aromatic N) is 3. The van der Waals surface area contributed by atoms with E-state index in [2.05, 4.69) is 21.4 Å². The molecule has 0 aliphatic heterocycles. The van der Waals surface area contributed by atoms with E-state index in [-0.39, 0.29) is 18.3 Å². The normalized spacial score (nSPS) is 11.1. The lowest BCUT2D eigenvalue weighted by Gasteiger charge is -2.05. The Bertz CT molecular complexity index is 1420. The molecule has 5 rings (SSSR count). The average Bonchev–Trinajstić information content (AvgIpc) is 3.52. The first-order chi connectivity index (χ1) is 15.6. The molecule has 1 amide bonds. The minimum Gasteiger partial charge on any atom is -0.486 e. The monoisotopic (exact) mass is 444 g/mol. The van der Waals surface area contributed by atoms with E-state index >= 15 is 0 Å². The fourth-order valence-electron chi connectivity index (χ4n) is 3.39. The van der Waals surface area contributed by atoms with Crippen molar-refractivity contribution < 1.29 is 13.9 Å². The Morgan fingerprint density at radius 3 is 2.81 bits per heavy atom. The van der Waals surface area contributed by atoms with Crippen molar-refractivity contribution in [3.63, 3.8) is 0 Å². The molecule has 5 aromatic rings. The van der Waals surface area contributed by atoms with Gasteiger partial charge in [0.15, 0.2) is 16.7 Å². The van der Waals surface area contributed by atoms with Crippen LogP contribution in [0, 0.1) is 6.92 Å². The van der Waals surface area contributed by atoms with Gasteiger partial charge in [0.2, 0.25) is 0 Å². The molecule has 0 radical (unpaired) electrons. The molecule has 3 heterocycles. The van der Waals surface area contributed by atoms with Gasteiger partial charge in [-0.3, -0.25) is 10.1 Å². The van der Waals surface area contributed by atoms with E-state index in [0.717, 1.165) is 32.9 Å². The Morgan fingerprint density at radius 1 is 1.16 bits per heavy atom. The maximum Gasteiger partial charge on any atom is 0.293 e. The number of carbonyl (C=O) groups is 1. The SMILES string of the molecule is Cc1nc(NC(=O)c2ccc(COc3ccc4ccccc4c3)o2)sc1-c1nccn1C. The number of benzene rings is 2. The van der Waals surface area contributed by atoms with Gasteiger partial charge >= 0.3 is 0 Å². The third-order valence-corrected chi connectivity index (χ3v) is 6.10. The maximum absolute atomic E-state index is 12.6. The van der Waals surface area contributed by atoms with E-state index in [9.17, 15) is 4.79 Å². The van der Waals surface area contributed by atoms with Crippen LogP contribution in [0.15, 0.2) is 71.4 Å². The summed E-state index contributed by atoms with van der Waals surface area (Å²) in [5, 5.41) is 5.56. The summed E-state index contributed by atoms with van der Waals surface area (Å²) in [7, 11) is 1.92. The highest BCUT2D eigenvalue weighted by Crippen LogP contribution is 2.31. The lowest BCUT2D eigenvalue weighted by Crippen LogP contribution is -2.10. The Morgan fingerprint density at radius 2 is 2.00 bits per heavy atom. The smallest absolute Gasteiger partial charge is 0.293 e. The number of aromatic nitrogens is 3. The van der Waals surface area contributed by atoms with Crippen LogP contribution in [0.2, 0.25) is 0 Å². The van der Waals surface area contributed by atoms with Gasteiger partial charge in [0.25, 0.3) is 5.91 Å². The lowest BCUT2D eigenvalue weighted by atomic mass is 10.1. The van der Waals surface area contributed by atoms with Crippen molar-refractivity contribution in [1.29, 1.82) is 0 Å². The number of aryl methyl sites for hydroxylation is 2. The van der Waals surface area contributed by atoms with Crippen LogP contribution in [-0.2, 0) is 13.7 Å². The number of rotatable bonds is 6. The number of carbonyl (C=O) groups excluding carboxylic acids is 1. The van der Waals surface area contributed by atoms with Crippen LogP contribution in [0.4, 0.5) is 5.13 Å². The first kappa shape index (κ1) is 20.0. The molecule has 0 atom stereocenters. The van der Waals surface area contributed by atoms with Crippen molar-refractivity contribution in [2.24, 2.45) is 7.05 Å². The molecule has 3 aromatic heterocycles. The summed E-state index contributed by atoms with van der Waals surface area (Å²) < 4.78 is 13.4. The molecule has 0 saturated heterocycles. The standard InChI is InChI=1S/C24H20N4O3S/c1-15-21(22-25-11-12-28(22)2)32-24(26-15)27-23(29)20-10-9-19(31-20)14-30-18-8-7-16-5-3-4-6-17(16)13-18/h3-13H,14H2,1-2H3,(H,26,27,29). The first-order valence-corrected chi connectivity index (χ1v) is 10.9. The second-order valence-electron chi connectivity index (χ2n) is 7.31. The van der Waals surface area contributed by atoms with Gasteiger partial charge in [-0.05, 0) is 42.0 Å².